The van der Waals surface area contributed by atoms with Gasteiger partial charge in [-0.3, -0.25) is 9.59 Å². The third kappa shape index (κ3) is 3.11. The van der Waals surface area contributed by atoms with Crippen molar-refractivity contribution < 1.29 is 18.3 Å². The van der Waals surface area contributed by atoms with Gasteiger partial charge in [-0.25, -0.2) is 8.78 Å². The summed E-state index contributed by atoms with van der Waals surface area (Å²) in [5, 5.41) is 1.58. The highest BCUT2D eigenvalue weighted by molar-refractivity contribution is 5.99. The Hall–Kier alpha value is -3.52. The molecule has 1 aliphatic rings. The van der Waals surface area contributed by atoms with E-state index in [9.17, 15) is 18.4 Å². The predicted octanol–water partition coefficient (Wildman–Crippen LogP) is 3.94. The molecule has 1 atom stereocenters. The molecule has 0 spiro atoms. The number of amides is 1. The number of ether oxygens (including phenoxy) is 1. The zero-order valence-electron chi connectivity index (χ0n) is 16.9. The third-order valence-corrected chi connectivity index (χ3v) is 5.89. The highest BCUT2D eigenvalue weighted by Gasteiger charge is 2.31. The number of aryl methyl sites for hydroxylation is 1. The van der Waals surface area contributed by atoms with E-state index in [2.05, 4.69) is 9.97 Å². The van der Waals surface area contributed by atoms with Gasteiger partial charge in [0, 0.05) is 29.2 Å². The molecule has 0 saturated heterocycles. The van der Waals surface area contributed by atoms with Gasteiger partial charge in [-0.15, -0.1) is 0 Å². The number of hydrogen-bond acceptors (Lipinski definition) is 3. The van der Waals surface area contributed by atoms with Crippen molar-refractivity contribution in [2.45, 2.75) is 19.6 Å². The molecule has 3 heterocycles. The predicted molar refractivity (Wildman–Crippen MR) is 112 cm³/mol. The van der Waals surface area contributed by atoms with E-state index in [-0.39, 0.29) is 30.3 Å². The first-order chi connectivity index (χ1) is 14.8. The minimum atomic E-state index is -0.508. The van der Waals surface area contributed by atoms with Gasteiger partial charge in [0.25, 0.3) is 11.5 Å². The summed E-state index contributed by atoms with van der Waals surface area (Å²) in [5.41, 5.74) is 2.48. The number of likely N-dealkylation sites (N-methyl/N-ethyl adjacent to an activating group) is 1. The van der Waals surface area contributed by atoms with Crippen LogP contribution in [0.5, 0.6) is 0 Å². The zero-order valence-corrected chi connectivity index (χ0v) is 16.9. The number of aromatic amines is 2. The van der Waals surface area contributed by atoms with Crippen LogP contribution in [0.15, 0.2) is 41.2 Å². The van der Waals surface area contributed by atoms with Crippen molar-refractivity contribution in [2.75, 3.05) is 13.7 Å². The number of aromatic nitrogens is 2. The van der Waals surface area contributed by atoms with E-state index in [1.54, 1.807) is 26.1 Å². The van der Waals surface area contributed by atoms with Crippen LogP contribution in [0.1, 0.15) is 33.4 Å². The SMILES string of the molecule is Cc1cc(F)cc2[nH]c(C(=O)N(C)[C@@H]3COCc4[nH]c(=O)c5cc(F)ccc5c43)cc12. The number of benzene rings is 2. The van der Waals surface area contributed by atoms with Crippen LogP contribution in [-0.2, 0) is 11.3 Å². The third-order valence-electron chi connectivity index (χ3n) is 5.89. The number of rotatable bonds is 2. The minimum Gasteiger partial charge on any atom is -0.373 e. The zero-order chi connectivity index (χ0) is 21.9. The van der Waals surface area contributed by atoms with E-state index < -0.39 is 17.4 Å². The highest BCUT2D eigenvalue weighted by atomic mass is 19.1. The summed E-state index contributed by atoms with van der Waals surface area (Å²) in [7, 11) is 1.64. The summed E-state index contributed by atoms with van der Waals surface area (Å²) in [4.78, 5) is 33.0. The number of H-pyrrole nitrogens is 2. The minimum absolute atomic E-state index is 0.196. The highest BCUT2D eigenvalue weighted by Crippen LogP contribution is 2.34. The molecule has 8 heteroatoms. The van der Waals surface area contributed by atoms with Crippen molar-refractivity contribution in [2.24, 2.45) is 0 Å². The van der Waals surface area contributed by atoms with Crippen molar-refractivity contribution >= 4 is 27.6 Å². The van der Waals surface area contributed by atoms with Crippen LogP contribution < -0.4 is 5.56 Å². The number of fused-ring (bicyclic) bond motifs is 4. The summed E-state index contributed by atoms with van der Waals surface area (Å²) in [5.74, 6) is -1.19. The van der Waals surface area contributed by atoms with Crippen LogP contribution >= 0.6 is 0 Å². The van der Waals surface area contributed by atoms with Crippen molar-refractivity contribution in [1.29, 1.82) is 0 Å². The van der Waals surface area contributed by atoms with Gasteiger partial charge < -0.3 is 19.6 Å². The molecule has 0 unspecified atom stereocenters. The Morgan fingerprint density at radius 1 is 1.06 bits per heavy atom. The maximum Gasteiger partial charge on any atom is 0.270 e. The summed E-state index contributed by atoms with van der Waals surface area (Å²) >= 11 is 0. The van der Waals surface area contributed by atoms with Crippen LogP contribution in [0, 0.1) is 18.6 Å². The number of carbonyl (C=O) groups is 1. The molecule has 5 rings (SSSR count). The first-order valence-corrected chi connectivity index (χ1v) is 9.81. The molecule has 0 aliphatic carbocycles. The van der Waals surface area contributed by atoms with Crippen molar-refractivity contribution in [3.63, 3.8) is 0 Å². The Bertz CT molecular complexity index is 1420. The van der Waals surface area contributed by atoms with Crippen molar-refractivity contribution in [3.05, 3.63) is 80.9 Å². The Kier molecular flexibility index (Phi) is 4.40. The lowest BCUT2D eigenvalue weighted by Crippen LogP contribution is -2.37. The molecule has 0 radical (unpaired) electrons. The quantitative estimate of drug-likeness (QED) is 0.513. The summed E-state index contributed by atoms with van der Waals surface area (Å²) in [6, 6.07) is 8.03. The molecule has 1 amide bonds. The molecule has 2 N–H and O–H groups in total. The molecule has 1 aliphatic heterocycles. The number of nitrogens with zero attached hydrogens (tertiary/aromatic N) is 1. The second-order valence-corrected chi connectivity index (χ2v) is 7.85. The first kappa shape index (κ1) is 19.4. The topological polar surface area (TPSA) is 78.2 Å². The fourth-order valence-electron chi connectivity index (χ4n) is 4.35. The molecule has 158 valence electrons. The van der Waals surface area contributed by atoms with Crippen LogP contribution in [0.25, 0.3) is 21.7 Å². The Labute approximate surface area is 175 Å². The van der Waals surface area contributed by atoms with E-state index in [1.807, 2.05) is 0 Å². The van der Waals surface area contributed by atoms with Crippen LogP contribution in [0.4, 0.5) is 8.78 Å². The monoisotopic (exact) mass is 423 g/mol. The molecular weight excluding hydrogens is 404 g/mol. The lowest BCUT2D eigenvalue weighted by Gasteiger charge is -2.33. The Morgan fingerprint density at radius 3 is 2.68 bits per heavy atom. The van der Waals surface area contributed by atoms with Crippen LogP contribution in [-0.4, -0.2) is 34.4 Å². The van der Waals surface area contributed by atoms with Crippen LogP contribution in [0.2, 0.25) is 0 Å². The number of nitrogens with one attached hydrogen (secondary N) is 2. The molecule has 31 heavy (non-hydrogen) atoms. The number of hydrogen-bond donors (Lipinski definition) is 2. The number of pyridine rings is 1. The summed E-state index contributed by atoms with van der Waals surface area (Å²) in [6.45, 7) is 2.20. The molecule has 2 aromatic carbocycles. The maximum absolute atomic E-state index is 13.7. The lowest BCUT2D eigenvalue weighted by atomic mass is 9.95. The maximum atomic E-state index is 13.7. The molecule has 0 bridgehead atoms. The summed E-state index contributed by atoms with van der Waals surface area (Å²) < 4.78 is 33.1. The van der Waals surface area contributed by atoms with E-state index in [0.29, 0.717) is 22.3 Å². The average Bonchev–Trinajstić information content (AvgIpc) is 3.17. The van der Waals surface area contributed by atoms with Gasteiger partial charge in [0.15, 0.2) is 0 Å². The number of carbonyl (C=O) groups excluding carboxylic acids is 1. The summed E-state index contributed by atoms with van der Waals surface area (Å²) in [6.07, 6.45) is 0. The van der Waals surface area contributed by atoms with Crippen molar-refractivity contribution in [1.82, 2.24) is 14.9 Å². The fraction of sp³-hybridized carbons (Fsp3) is 0.217. The molecule has 0 saturated carbocycles. The van der Waals surface area contributed by atoms with Gasteiger partial charge in [0.05, 0.1) is 24.6 Å². The largest absolute Gasteiger partial charge is 0.373 e. The molecule has 2 aromatic heterocycles. The smallest absolute Gasteiger partial charge is 0.270 e. The molecule has 0 fully saturated rings. The Morgan fingerprint density at radius 2 is 1.87 bits per heavy atom. The van der Waals surface area contributed by atoms with Gasteiger partial charge in [0.1, 0.15) is 17.3 Å². The molecule has 6 nitrogen and oxygen atoms in total. The second kappa shape index (κ2) is 7.02. The average molecular weight is 423 g/mol. The Balaban J connectivity index is 1.60. The van der Waals surface area contributed by atoms with E-state index in [1.165, 1.54) is 29.2 Å². The molecule has 4 aromatic rings. The number of halogens is 2. The van der Waals surface area contributed by atoms with Gasteiger partial charge in [-0.05, 0) is 48.2 Å². The first-order valence-electron chi connectivity index (χ1n) is 9.81. The van der Waals surface area contributed by atoms with Crippen LogP contribution in [0.3, 0.4) is 0 Å². The normalized spacial score (nSPS) is 15.9. The van der Waals surface area contributed by atoms with Gasteiger partial charge in [0.2, 0.25) is 0 Å². The van der Waals surface area contributed by atoms with Gasteiger partial charge in [-0.1, -0.05) is 6.07 Å². The second-order valence-electron chi connectivity index (χ2n) is 7.85. The fourth-order valence-corrected chi connectivity index (χ4v) is 4.35. The lowest BCUT2D eigenvalue weighted by molar-refractivity contribution is 0.0333. The standard InChI is InChI=1S/C23H19F2N3O3/c1-11-5-13(25)7-17-15(11)8-18(26-17)23(30)28(2)20-10-31-9-19-21(20)14-4-3-12(24)6-16(14)22(29)27-19/h3-8,20,26H,9-10H2,1-2H3,(H,27,29)/t20-/m1/s1. The van der Waals surface area contributed by atoms with Gasteiger partial charge >= 0.3 is 0 Å². The van der Waals surface area contributed by atoms with E-state index >= 15 is 0 Å². The van der Waals surface area contributed by atoms with E-state index in [0.717, 1.165) is 16.5 Å². The molecular formula is C23H19F2N3O3. The van der Waals surface area contributed by atoms with E-state index in [4.69, 9.17) is 4.74 Å². The van der Waals surface area contributed by atoms with Crippen molar-refractivity contribution in [3.8, 4) is 0 Å². The van der Waals surface area contributed by atoms with Gasteiger partial charge in [-0.2, -0.15) is 0 Å².